The van der Waals surface area contributed by atoms with Gasteiger partial charge in [-0.3, -0.25) is 9.35 Å². The maximum absolute atomic E-state index is 14.2. The highest BCUT2D eigenvalue weighted by Crippen LogP contribution is 2.76. The molecule has 7 aliphatic rings. The predicted octanol–water partition coefficient (Wildman–Crippen LogP) is 2.08. The number of ether oxygens (including phenoxy) is 5. The Balaban J connectivity index is 1.10. The third kappa shape index (κ3) is 6.86. The monoisotopic (exact) mass is 844 g/mol. The molecule has 3 saturated heterocycles. The fourth-order valence-electron chi connectivity index (χ4n) is 13.0. The molecule has 18 atom stereocenters. The minimum Gasteiger partial charge on any atom is -0.456 e. The van der Waals surface area contributed by atoms with Gasteiger partial charge in [0, 0.05) is 11.3 Å². The largest absolute Gasteiger partial charge is 0.456 e. The molecule has 0 amide bonds. The third-order valence-electron chi connectivity index (χ3n) is 16.1. The number of rotatable bonds is 11. The molecule has 0 aromatic rings. The van der Waals surface area contributed by atoms with Crippen molar-refractivity contribution in [1.82, 2.24) is 0 Å². The van der Waals surface area contributed by atoms with Crippen molar-refractivity contribution in [3.05, 3.63) is 23.8 Å². The van der Waals surface area contributed by atoms with Crippen LogP contribution in [-0.2, 0) is 43.1 Å². The first-order valence-electron chi connectivity index (χ1n) is 20.8. The molecule has 1 spiro atoms. The van der Waals surface area contributed by atoms with Crippen LogP contribution in [0.25, 0.3) is 0 Å². The first-order chi connectivity index (χ1) is 27.0. The van der Waals surface area contributed by atoms with Crippen molar-refractivity contribution in [3.8, 4) is 0 Å². The quantitative estimate of drug-likeness (QED) is 0.0894. The minimum atomic E-state index is -5.11. The number of aliphatic hydroxyl groups excluding tert-OH is 6. The van der Waals surface area contributed by atoms with E-state index in [0.717, 1.165) is 37.7 Å². The third-order valence-corrected chi connectivity index (χ3v) is 16.6. The number of esters is 1. The summed E-state index contributed by atoms with van der Waals surface area (Å²) in [4.78, 5) is 14.2. The molecule has 0 aromatic carbocycles. The van der Waals surface area contributed by atoms with Crippen molar-refractivity contribution in [3.63, 3.8) is 0 Å². The van der Waals surface area contributed by atoms with Gasteiger partial charge in [0.1, 0.15) is 48.3 Å². The van der Waals surface area contributed by atoms with Gasteiger partial charge in [0.2, 0.25) is 0 Å². The van der Waals surface area contributed by atoms with Crippen LogP contribution < -0.4 is 0 Å². The van der Waals surface area contributed by atoms with Crippen molar-refractivity contribution in [2.45, 2.75) is 172 Å². The maximum atomic E-state index is 14.2. The first kappa shape index (κ1) is 44.5. The Labute approximate surface area is 340 Å². The average Bonchev–Trinajstić information content (AvgIpc) is 3.59. The Morgan fingerprint density at radius 1 is 0.948 bits per heavy atom. The van der Waals surface area contributed by atoms with E-state index in [4.69, 9.17) is 23.7 Å². The van der Waals surface area contributed by atoms with Crippen LogP contribution in [0.5, 0.6) is 0 Å². The second-order valence-corrected chi connectivity index (χ2v) is 20.6. The van der Waals surface area contributed by atoms with E-state index in [1.54, 1.807) is 0 Å². The van der Waals surface area contributed by atoms with Gasteiger partial charge in [0.15, 0.2) is 12.6 Å². The summed E-state index contributed by atoms with van der Waals surface area (Å²) in [5.74, 6) is 0.0508. The summed E-state index contributed by atoms with van der Waals surface area (Å²) in [5, 5.41) is 64.6. The van der Waals surface area contributed by atoms with Gasteiger partial charge in [-0.1, -0.05) is 44.9 Å². The smallest absolute Gasteiger partial charge is 0.397 e. The van der Waals surface area contributed by atoms with Gasteiger partial charge in [0.25, 0.3) is 0 Å². The van der Waals surface area contributed by atoms with Crippen LogP contribution in [-0.4, -0.2) is 136 Å². The van der Waals surface area contributed by atoms with Gasteiger partial charge in [0.05, 0.1) is 30.8 Å². The number of allylic oxidation sites excluding steroid dienone is 3. The van der Waals surface area contributed by atoms with E-state index in [1.807, 2.05) is 13.8 Å². The van der Waals surface area contributed by atoms with Crippen LogP contribution in [0.3, 0.4) is 0 Å². The standard InChI is InChI=1S/C41H64O16S/c1-20(2)8-11-27(44)40(7)26-13-16-39(6)22-9-10-25-37(3,4)28(14-15-38(25,5)21(22)12-17-41(26,39)36(48)56-40)54-35-33(29(45)23(43)19-52-35)55-34-31(47)30(46)32(24(18-42)53-34)57-58(49,50)51/h9,21,23-35,42-47H,1,8,10-19H2,2-7H3,(H,49,50,51)/t21-,23+,24+,25-,26+,27?,28-,29-,30+,31+,32+,33+,34-,35-,38+,39-,40+,41+/m0/s1. The number of aliphatic hydroxyl groups is 6. The molecule has 0 aromatic heterocycles. The molecule has 7 rings (SSSR count). The molecule has 330 valence electrons. The van der Waals surface area contributed by atoms with Crippen molar-refractivity contribution >= 4 is 16.4 Å². The Hall–Kier alpha value is -1.58. The summed E-state index contributed by atoms with van der Waals surface area (Å²) in [7, 11) is -5.11. The number of fused-ring (bicyclic) bond motifs is 4. The molecule has 3 aliphatic heterocycles. The van der Waals surface area contributed by atoms with E-state index in [1.165, 1.54) is 5.57 Å². The van der Waals surface area contributed by atoms with Gasteiger partial charge >= 0.3 is 16.4 Å². The summed E-state index contributed by atoms with van der Waals surface area (Å²) >= 11 is 0. The molecule has 3 heterocycles. The molecule has 0 bridgehead atoms. The van der Waals surface area contributed by atoms with Crippen LogP contribution in [0.1, 0.15) is 99.3 Å². The lowest BCUT2D eigenvalue weighted by atomic mass is 9.40. The topological polar surface area (TPSA) is 248 Å². The predicted molar refractivity (Wildman–Crippen MR) is 204 cm³/mol. The van der Waals surface area contributed by atoms with Crippen molar-refractivity contribution in [2.24, 2.45) is 39.4 Å². The van der Waals surface area contributed by atoms with Gasteiger partial charge in [-0.15, -0.1) is 6.58 Å². The summed E-state index contributed by atoms with van der Waals surface area (Å²) in [5.41, 5.74) is -0.407. The van der Waals surface area contributed by atoms with E-state index in [-0.39, 0.29) is 35.7 Å². The molecule has 7 N–H and O–H groups in total. The second-order valence-electron chi connectivity index (χ2n) is 19.6. The molecule has 3 saturated carbocycles. The average molecular weight is 845 g/mol. The lowest BCUT2D eigenvalue weighted by molar-refractivity contribution is -0.365. The van der Waals surface area contributed by atoms with Gasteiger partial charge in [-0.05, 0) is 94.3 Å². The zero-order valence-electron chi connectivity index (χ0n) is 34.4. The highest BCUT2D eigenvalue weighted by atomic mass is 32.3. The number of hydrogen-bond donors (Lipinski definition) is 7. The zero-order chi connectivity index (χ0) is 42.5. The van der Waals surface area contributed by atoms with Crippen LogP contribution in [0.15, 0.2) is 23.8 Å². The molecule has 6 fully saturated rings. The lowest BCUT2D eigenvalue weighted by Crippen LogP contribution is -2.64. The summed E-state index contributed by atoms with van der Waals surface area (Å²) < 4.78 is 66.8. The van der Waals surface area contributed by atoms with Crippen LogP contribution in [0, 0.1) is 39.4 Å². The number of carbonyl (C=O) groups is 1. The summed E-state index contributed by atoms with van der Waals surface area (Å²) in [6.45, 7) is 15.6. The summed E-state index contributed by atoms with van der Waals surface area (Å²) in [6.07, 6.45) is -7.41. The van der Waals surface area contributed by atoms with E-state index in [0.29, 0.717) is 25.7 Å². The number of carbonyl (C=O) groups excluding carboxylic acids is 1. The fourth-order valence-corrected chi connectivity index (χ4v) is 13.5. The van der Waals surface area contributed by atoms with Gasteiger partial charge in [-0.2, -0.15) is 8.42 Å². The van der Waals surface area contributed by atoms with Crippen molar-refractivity contribution in [2.75, 3.05) is 13.2 Å². The highest BCUT2D eigenvalue weighted by molar-refractivity contribution is 7.80. The van der Waals surface area contributed by atoms with Crippen molar-refractivity contribution < 1.29 is 76.3 Å². The van der Waals surface area contributed by atoms with E-state index < -0.39 is 106 Å². The highest BCUT2D eigenvalue weighted by Gasteiger charge is 2.77. The van der Waals surface area contributed by atoms with Gasteiger partial charge < -0.3 is 54.3 Å². The Morgan fingerprint density at radius 2 is 1.66 bits per heavy atom. The first-order valence-corrected chi connectivity index (χ1v) is 22.2. The molecule has 1 unspecified atom stereocenters. The Kier molecular flexibility index (Phi) is 11.8. The van der Waals surface area contributed by atoms with E-state index in [9.17, 15) is 48.4 Å². The second kappa shape index (κ2) is 15.3. The molecule has 16 nitrogen and oxygen atoms in total. The fraction of sp³-hybridized carbons (Fsp3) is 0.878. The maximum Gasteiger partial charge on any atom is 0.397 e. The number of hydrogen-bond acceptors (Lipinski definition) is 15. The molecule has 58 heavy (non-hydrogen) atoms. The van der Waals surface area contributed by atoms with Crippen molar-refractivity contribution in [1.29, 1.82) is 0 Å². The van der Waals surface area contributed by atoms with E-state index in [2.05, 4.69) is 44.5 Å². The molecule has 17 heteroatoms. The summed E-state index contributed by atoms with van der Waals surface area (Å²) in [6, 6.07) is 0. The SMILES string of the molecule is C=C(C)CCC(O)[C@]1(C)OC(=O)[C@]23CC[C@H]4C(=CC[C@H]5C(C)(C)[C@@H](O[C@@H]6OC[C@@H](O)[C@H](O)[C@H]6O[C@@H]6O[C@H](CO)[C@@H](OS(=O)(=O)O)[C@H](O)[C@H]6O)CC[C@]45C)[C@]2(C)CC[C@H]13. The number of cyclic esters (lactones) is 1. The Bertz CT molecular complexity index is 1730. The van der Waals surface area contributed by atoms with E-state index >= 15 is 0 Å². The minimum absolute atomic E-state index is 0.102. The molecular formula is C41H64O16S. The van der Waals surface area contributed by atoms with Gasteiger partial charge in [-0.25, -0.2) is 4.18 Å². The normalized spacial score (nSPS) is 49.2. The molecule has 4 aliphatic carbocycles. The Morgan fingerprint density at radius 3 is 2.31 bits per heavy atom. The van der Waals surface area contributed by atoms with Crippen LogP contribution in [0.4, 0.5) is 0 Å². The molecule has 0 radical (unpaired) electrons. The zero-order valence-corrected chi connectivity index (χ0v) is 35.2. The van der Waals surface area contributed by atoms with Crippen LogP contribution >= 0.6 is 0 Å². The lowest BCUT2D eigenvalue weighted by Gasteiger charge is -2.64. The van der Waals surface area contributed by atoms with Crippen LogP contribution in [0.2, 0.25) is 0 Å². The molecular weight excluding hydrogens is 781 g/mol.